The number of fused-ring (bicyclic) bond motifs is 1. The van der Waals surface area contributed by atoms with E-state index in [-0.39, 0.29) is 22.3 Å². The minimum absolute atomic E-state index is 0.102. The van der Waals surface area contributed by atoms with E-state index in [1.807, 2.05) is 13.8 Å². The molecule has 3 rings (SSSR count). The van der Waals surface area contributed by atoms with Crippen LogP contribution in [0.3, 0.4) is 0 Å². The van der Waals surface area contributed by atoms with Gasteiger partial charge in [-0.1, -0.05) is 31.0 Å². The second kappa shape index (κ2) is 7.36. The third-order valence-electron chi connectivity index (χ3n) is 4.56. The van der Waals surface area contributed by atoms with Crippen molar-refractivity contribution in [2.24, 2.45) is 5.92 Å². The first-order valence-corrected chi connectivity index (χ1v) is 9.48. The topological polar surface area (TPSA) is 38.3 Å². The summed E-state index contributed by atoms with van der Waals surface area (Å²) >= 11 is 1.53. The lowest BCUT2D eigenvalue weighted by atomic mass is 9.85. The molecule has 1 aromatic rings. The molecule has 6 heteroatoms. The molecule has 1 heterocycles. The number of hydrogen-bond donors (Lipinski definition) is 1. The minimum Gasteiger partial charge on any atom is -0.435 e. The SMILES string of the molecule is CC1(C)N/C(=C\C(=O)C2CCCCC2)c2ccc(OC(F)F)cc2S1. The zero-order valence-corrected chi connectivity index (χ0v) is 15.3. The Bertz CT molecular complexity index is 682. The molecule has 0 atom stereocenters. The molecule has 1 aromatic carbocycles. The zero-order valence-electron chi connectivity index (χ0n) is 14.5. The van der Waals surface area contributed by atoms with Crippen molar-refractivity contribution >= 4 is 23.2 Å². The summed E-state index contributed by atoms with van der Waals surface area (Å²) in [7, 11) is 0. The lowest BCUT2D eigenvalue weighted by Gasteiger charge is -2.35. The van der Waals surface area contributed by atoms with Crippen LogP contribution in [-0.2, 0) is 4.79 Å². The van der Waals surface area contributed by atoms with Crippen LogP contribution >= 0.6 is 11.8 Å². The first kappa shape index (κ1) is 18.2. The van der Waals surface area contributed by atoms with Gasteiger partial charge in [-0.25, -0.2) is 0 Å². The Morgan fingerprint density at radius 3 is 2.72 bits per heavy atom. The zero-order chi connectivity index (χ0) is 18.0. The van der Waals surface area contributed by atoms with E-state index >= 15 is 0 Å². The van der Waals surface area contributed by atoms with Crippen LogP contribution in [0, 0.1) is 5.92 Å². The van der Waals surface area contributed by atoms with Crippen molar-refractivity contribution < 1.29 is 18.3 Å². The number of alkyl halides is 2. The van der Waals surface area contributed by atoms with Crippen LogP contribution in [0.2, 0.25) is 0 Å². The third kappa shape index (κ3) is 4.54. The van der Waals surface area contributed by atoms with Gasteiger partial charge in [-0.15, -0.1) is 0 Å². The Kier molecular flexibility index (Phi) is 5.37. The van der Waals surface area contributed by atoms with Crippen LogP contribution in [-0.4, -0.2) is 17.3 Å². The summed E-state index contributed by atoms with van der Waals surface area (Å²) in [4.78, 5) is 13.2. The van der Waals surface area contributed by atoms with E-state index in [0.29, 0.717) is 0 Å². The molecule has 1 fully saturated rings. The molecule has 0 spiro atoms. The number of carbonyl (C=O) groups excluding carboxylic acids is 1. The molecule has 1 aliphatic carbocycles. The summed E-state index contributed by atoms with van der Waals surface area (Å²) < 4.78 is 29.4. The highest BCUT2D eigenvalue weighted by Crippen LogP contribution is 2.43. The summed E-state index contributed by atoms with van der Waals surface area (Å²) in [6.45, 7) is 1.15. The van der Waals surface area contributed by atoms with E-state index in [9.17, 15) is 13.6 Å². The quantitative estimate of drug-likeness (QED) is 0.742. The molecular weight excluding hydrogens is 344 g/mol. The Balaban J connectivity index is 1.90. The number of thioether (sulfide) groups is 1. The normalized spacial score (nSPS) is 21.7. The third-order valence-corrected chi connectivity index (χ3v) is 5.73. The van der Waals surface area contributed by atoms with E-state index in [1.54, 1.807) is 18.2 Å². The number of nitrogens with one attached hydrogen (secondary N) is 1. The maximum Gasteiger partial charge on any atom is 0.387 e. The van der Waals surface area contributed by atoms with E-state index < -0.39 is 6.61 Å². The molecule has 25 heavy (non-hydrogen) atoms. The molecule has 0 unspecified atom stereocenters. The average molecular weight is 367 g/mol. The lowest BCUT2D eigenvalue weighted by Crippen LogP contribution is -2.38. The fourth-order valence-corrected chi connectivity index (χ4v) is 4.61. The molecule has 0 saturated heterocycles. The molecule has 1 aliphatic heterocycles. The van der Waals surface area contributed by atoms with Gasteiger partial charge in [-0.05, 0) is 44.9 Å². The van der Waals surface area contributed by atoms with Gasteiger partial charge in [0.25, 0.3) is 0 Å². The molecule has 0 radical (unpaired) electrons. The van der Waals surface area contributed by atoms with Crippen LogP contribution in [0.15, 0.2) is 29.2 Å². The standard InChI is InChI=1S/C19H23F2NO2S/c1-19(2)22-15(11-16(23)12-6-4-3-5-7-12)14-9-8-13(24-18(20)21)10-17(14)25-19/h8-12,18,22H,3-7H2,1-2H3/b15-11-. The molecular formula is C19H23F2NO2S. The molecule has 136 valence electrons. The fourth-order valence-electron chi connectivity index (χ4n) is 3.44. The number of hydrogen-bond acceptors (Lipinski definition) is 4. The fraction of sp³-hybridized carbons (Fsp3) is 0.526. The Labute approximate surface area is 151 Å². The van der Waals surface area contributed by atoms with E-state index in [4.69, 9.17) is 0 Å². The van der Waals surface area contributed by atoms with Crippen molar-refractivity contribution in [3.8, 4) is 5.75 Å². The van der Waals surface area contributed by atoms with Crippen molar-refractivity contribution in [1.29, 1.82) is 0 Å². The van der Waals surface area contributed by atoms with Gasteiger partial charge in [0, 0.05) is 28.1 Å². The summed E-state index contributed by atoms with van der Waals surface area (Å²) in [5.74, 6) is 0.395. The van der Waals surface area contributed by atoms with Gasteiger partial charge >= 0.3 is 6.61 Å². The molecule has 3 nitrogen and oxygen atoms in total. The number of carbonyl (C=O) groups is 1. The van der Waals surface area contributed by atoms with Gasteiger partial charge < -0.3 is 10.1 Å². The first-order valence-electron chi connectivity index (χ1n) is 8.66. The number of benzene rings is 1. The maximum atomic E-state index is 12.7. The van der Waals surface area contributed by atoms with E-state index in [1.165, 1.54) is 24.2 Å². The monoisotopic (exact) mass is 367 g/mol. The van der Waals surface area contributed by atoms with Crippen molar-refractivity contribution in [2.75, 3.05) is 0 Å². The minimum atomic E-state index is -2.85. The van der Waals surface area contributed by atoms with Crippen LogP contribution in [0.5, 0.6) is 5.75 Å². The largest absolute Gasteiger partial charge is 0.435 e. The molecule has 0 aromatic heterocycles. The lowest BCUT2D eigenvalue weighted by molar-refractivity contribution is -0.119. The van der Waals surface area contributed by atoms with Gasteiger partial charge in [-0.3, -0.25) is 4.79 Å². The number of ether oxygens (including phenoxy) is 1. The van der Waals surface area contributed by atoms with E-state index in [0.717, 1.165) is 41.8 Å². The molecule has 0 bridgehead atoms. The molecule has 0 amide bonds. The van der Waals surface area contributed by atoms with Gasteiger partial charge in [0.15, 0.2) is 5.78 Å². The van der Waals surface area contributed by atoms with Crippen LogP contribution in [0.25, 0.3) is 5.70 Å². The summed E-state index contributed by atoms with van der Waals surface area (Å²) in [6, 6.07) is 4.88. The molecule has 2 aliphatic rings. The van der Waals surface area contributed by atoms with Gasteiger partial charge in [0.2, 0.25) is 0 Å². The Morgan fingerprint density at radius 1 is 1.32 bits per heavy atom. The smallest absolute Gasteiger partial charge is 0.387 e. The molecule has 1 saturated carbocycles. The van der Waals surface area contributed by atoms with Gasteiger partial charge in [0.05, 0.1) is 4.87 Å². The van der Waals surface area contributed by atoms with Crippen LogP contribution in [0.4, 0.5) is 8.78 Å². The number of allylic oxidation sites excluding steroid dienone is 1. The highest BCUT2D eigenvalue weighted by Gasteiger charge is 2.30. The highest BCUT2D eigenvalue weighted by atomic mass is 32.2. The summed E-state index contributed by atoms with van der Waals surface area (Å²) in [6.07, 6.45) is 7.03. The Hall–Kier alpha value is -1.56. The Morgan fingerprint density at radius 2 is 2.04 bits per heavy atom. The first-order chi connectivity index (χ1) is 11.8. The van der Waals surface area contributed by atoms with Gasteiger partial charge in [0.1, 0.15) is 5.75 Å². The van der Waals surface area contributed by atoms with Crippen molar-refractivity contribution in [2.45, 2.75) is 62.3 Å². The van der Waals surface area contributed by atoms with Crippen LogP contribution in [0.1, 0.15) is 51.5 Å². The number of rotatable bonds is 4. The van der Waals surface area contributed by atoms with Crippen LogP contribution < -0.4 is 10.1 Å². The van der Waals surface area contributed by atoms with Crippen molar-refractivity contribution in [1.82, 2.24) is 5.32 Å². The number of ketones is 1. The summed E-state index contributed by atoms with van der Waals surface area (Å²) in [5.41, 5.74) is 1.62. The highest BCUT2D eigenvalue weighted by molar-refractivity contribution is 8.00. The van der Waals surface area contributed by atoms with E-state index in [2.05, 4.69) is 10.1 Å². The average Bonchev–Trinajstić information content (AvgIpc) is 2.53. The molecule has 1 N–H and O–H groups in total. The predicted molar refractivity (Wildman–Crippen MR) is 95.7 cm³/mol. The van der Waals surface area contributed by atoms with Gasteiger partial charge in [-0.2, -0.15) is 8.78 Å². The summed E-state index contributed by atoms with van der Waals surface area (Å²) in [5, 5.41) is 3.39. The van der Waals surface area contributed by atoms with Crippen molar-refractivity contribution in [3.05, 3.63) is 29.8 Å². The predicted octanol–water partition coefficient (Wildman–Crippen LogP) is 5.21. The maximum absolute atomic E-state index is 12.7. The second-order valence-corrected chi connectivity index (χ2v) is 8.73. The number of halogens is 2. The van der Waals surface area contributed by atoms with Crippen molar-refractivity contribution in [3.63, 3.8) is 0 Å². The second-order valence-electron chi connectivity index (χ2n) is 7.07.